The predicted molar refractivity (Wildman–Crippen MR) is 66.9 cm³/mol. The number of primary amides is 1. The summed E-state index contributed by atoms with van der Waals surface area (Å²) in [7, 11) is 1.58. The van der Waals surface area contributed by atoms with Crippen molar-refractivity contribution in [2.24, 2.45) is 5.73 Å². The molecule has 0 spiro atoms. The summed E-state index contributed by atoms with van der Waals surface area (Å²) in [5.41, 5.74) is 7.50. The van der Waals surface area contributed by atoms with E-state index in [1.165, 1.54) is 0 Å². The van der Waals surface area contributed by atoms with Crippen molar-refractivity contribution in [3.63, 3.8) is 0 Å². The summed E-state index contributed by atoms with van der Waals surface area (Å²) in [5.74, 6) is 0.190. The smallest absolute Gasteiger partial charge is 0.249 e. The van der Waals surface area contributed by atoms with Crippen LogP contribution in [0.1, 0.15) is 10.4 Å². The maximum atomic E-state index is 11.4. The van der Waals surface area contributed by atoms with Gasteiger partial charge in [0, 0.05) is 5.56 Å². The van der Waals surface area contributed by atoms with E-state index < -0.39 is 5.91 Å². The lowest BCUT2D eigenvalue weighted by molar-refractivity contribution is 0.100. The summed E-state index contributed by atoms with van der Waals surface area (Å²) in [5, 5.41) is 0. The molecular formula is C14H13NO2. The maximum Gasteiger partial charge on any atom is 0.249 e. The molecule has 0 atom stereocenters. The first-order valence-corrected chi connectivity index (χ1v) is 5.26. The summed E-state index contributed by atoms with van der Waals surface area (Å²) >= 11 is 0. The van der Waals surface area contributed by atoms with Crippen LogP contribution in [0.4, 0.5) is 0 Å². The first-order chi connectivity index (χ1) is 8.24. The Morgan fingerprint density at radius 2 is 1.76 bits per heavy atom. The number of carbonyl (C=O) groups is 1. The molecule has 1 amide bonds. The summed E-state index contributed by atoms with van der Waals surface area (Å²) in [6.45, 7) is 0. The van der Waals surface area contributed by atoms with Gasteiger partial charge in [-0.1, -0.05) is 36.4 Å². The van der Waals surface area contributed by atoms with Crippen LogP contribution >= 0.6 is 0 Å². The van der Waals surface area contributed by atoms with Crippen molar-refractivity contribution in [1.82, 2.24) is 0 Å². The zero-order chi connectivity index (χ0) is 12.3. The topological polar surface area (TPSA) is 52.3 Å². The molecule has 0 heterocycles. The number of rotatable bonds is 3. The Kier molecular flexibility index (Phi) is 3.10. The molecule has 0 aliphatic heterocycles. The van der Waals surface area contributed by atoms with Gasteiger partial charge in [-0.15, -0.1) is 0 Å². The Balaban J connectivity index is 2.69. The minimum Gasteiger partial charge on any atom is -0.496 e. The number of amides is 1. The monoisotopic (exact) mass is 227 g/mol. The molecule has 17 heavy (non-hydrogen) atoms. The number of ether oxygens (including phenoxy) is 1. The molecule has 2 rings (SSSR count). The van der Waals surface area contributed by atoms with Crippen molar-refractivity contribution < 1.29 is 9.53 Å². The van der Waals surface area contributed by atoms with Gasteiger partial charge in [-0.3, -0.25) is 4.79 Å². The highest BCUT2D eigenvalue weighted by Gasteiger charge is 2.14. The van der Waals surface area contributed by atoms with Gasteiger partial charge in [0.05, 0.1) is 12.7 Å². The fraction of sp³-hybridized carbons (Fsp3) is 0.0714. The number of benzene rings is 2. The van der Waals surface area contributed by atoms with E-state index in [-0.39, 0.29) is 0 Å². The number of carbonyl (C=O) groups excluding carboxylic acids is 1. The molecule has 0 aromatic heterocycles. The lowest BCUT2D eigenvalue weighted by Gasteiger charge is -2.11. The van der Waals surface area contributed by atoms with Crippen molar-refractivity contribution in [3.05, 3.63) is 54.1 Å². The molecule has 3 heteroatoms. The van der Waals surface area contributed by atoms with Crippen LogP contribution in [0, 0.1) is 0 Å². The average Bonchev–Trinajstić information content (AvgIpc) is 2.38. The Hall–Kier alpha value is -2.29. The first kappa shape index (κ1) is 11.2. The quantitative estimate of drug-likeness (QED) is 0.875. The zero-order valence-corrected chi connectivity index (χ0v) is 9.51. The summed E-state index contributed by atoms with van der Waals surface area (Å²) in [6.07, 6.45) is 0. The highest BCUT2D eigenvalue weighted by molar-refractivity contribution is 6.01. The number of hydrogen-bond acceptors (Lipinski definition) is 2. The Morgan fingerprint density at radius 1 is 1.06 bits per heavy atom. The van der Waals surface area contributed by atoms with Gasteiger partial charge in [-0.05, 0) is 17.7 Å². The van der Waals surface area contributed by atoms with Gasteiger partial charge < -0.3 is 10.5 Å². The molecule has 86 valence electrons. The standard InChI is InChI=1S/C14H13NO2/c1-17-12-9-5-8-11(14(15)16)13(12)10-6-3-2-4-7-10/h2-9H,1H3,(H2,15,16). The van der Waals surface area contributed by atoms with Crippen LogP contribution in [-0.2, 0) is 0 Å². The van der Waals surface area contributed by atoms with Crippen LogP contribution < -0.4 is 10.5 Å². The van der Waals surface area contributed by atoms with Crippen molar-refractivity contribution in [2.75, 3.05) is 7.11 Å². The third-order valence-electron chi connectivity index (χ3n) is 2.57. The molecule has 2 N–H and O–H groups in total. The van der Waals surface area contributed by atoms with E-state index in [1.54, 1.807) is 19.2 Å². The van der Waals surface area contributed by atoms with E-state index in [0.29, 0.717) is 11.3 Å². The molecule has 0 fully saturated rings. The van der Waals surface area contributed by atoms with E-state index >= 15 is 0 Å². The predicted octanol–water partition coefficient (Wildman–Crippen LogP) is 2.46. The van der Waals surface area contributed by atoms with Crippen LogP contribution in [0.3, 0.4) is 0 Å². The van der Waals surface area contributed by atoms with Crippen LogP contribution in [0.5, 0.6) is 5.75 Å². The molecule has 2 aromatic rings. The van der Waals surface area contributed by atoms with Gasteiger partial charge in [0.1, 0.15) is 5.75 Å². The molecule has 0 saturated heterocycles. The van der Waals surface area contributed by atoms with Crippen molar-refractivity contribution in [2.45, 2.75) is 0 Å². The molecule has 0 unspecified atom stereocenters. The molecule has 0 radical (unpaired) electrons. The van der Waals surface area contributed by atoms with Crippen molar-refractivity contribution in [3.8, 4) is 16.9 Å². The molecule has 0 bridgehead atoms. The molecule has 2 aromatic carbocycles. The summed E-state index contributed by atoms with van der Waals surface area (Å²) < 4.78 is 5.28. The second-order valence-electron chi connectivity index (χ2n) is 3.61. The molecule has 3 nitrogen and oxygen atoms in total. The number of methoxy groups -OCH3 is 1. The highest BCUT2D eigenvalue weighted by atomic mass is 16.5. The van der Waals surface area contributed by atoms with E-state index in [9.17, 15) is 4.79 Å². The molecule has 0 aliphatic carbocycles. The zero-order valence-electron chi connectivity index (χ0n) is 9.51. The maximum absolute atomic E-state index is 11.4. The van der Waals surface area contributed by atoms with Crippen molar-refractivity contribution >= 4 is 5.91 Å². The molecule has 0 aliphatic rings. The van der Waals surface area contributed by atoms with E-state index in [4.69, 9.17) is 10.5 Å². The van der Waals surface area contributed by atoms with Gasteiger partial charge in [0.2, 0.25) is 5.91 Å². The van der Waals surface area contributed by atoms with Crippen LogP contribution in [0.15, 0.2) is 48.5 Å². The second-order valence-corrected chi connectivity index (χ2v) is 3.61. The van der Waals surface area contributed by atoms with Gasteiger partial charge in [0.25, 0.3) is 0 Å². The Bertz CT molecular complexity index is 535. The van der Waals surface area contributed by atoms with E-state index in [1.807, 2.05) is 36.4 Å². The molecule has 0 saturated carbocycles. The SMILES string of the molecule is COc1cccc(C(N)=O)c1-c1ccccc1. The van der Waals surface area contributed by atoms with Crippen LogP contribution in [0.25, 0.3) is 11.1 Å². The minimum atomic E-state index is -0.456. The third-order valence-corrected chi connectivity index (χ3v) is 2.57. The first-order valence-electron chi connectivity index (χ1n) is 5.26. The van der Waals surface area contributed by atoms with Crippen LogP contribution in [0.2, 0.25) is 0 Å². The summed E-state index contributed by atoms with van der Waals surface area (Å²) in [4.78, 5) is 11.4. The van der Waals surface area contributed by atoms with Crippen molar-refractivity contribution in [1.29, 1.82) is 0 Å². The fourth-order valence-electron chi connectivity index (χ4n) is 1.81. The van der Waals surface area contributed by atoms with Gasteiger partial charge in [0.15, 0.2) is 0 Å². The summed E-state index contributed by atoms with van der Waals surface area (Å²) in [6, 6.07) is 14.9. The number of nitrogens with two attached hydrogens (primary N) is 1. The fourth-order valence-corrected chi connectivity index (χ4v) is 1.81. The van der Waals surface area contributed by atoms with Gasteiger partial charge in [-0.25, -0.2) is 0 Å². The molecular weight excluding hydrogens is 214 g/mol. The van der Waals surface area contributed by atoms with Gasteiger partial charge >= 0.3 is 0 Å². The Labute approximate surface area is 99.8 Å². The lowest BCUT2D eigenvalue weighted by atomic mass is 9.98. The normalized spacial score (nSPS) is 9.94. The second kappa shape index (κ2) is 4.70. The highest BCUT2D eigenvalue weighted by Crippen LogP contribution is 2.32. The number of hydrogen-bond donors (Lipinski definition) is 1. The largest absolute Gasteiger partial charge is 0.496 e. The minimum absolute atomic E-state index is 0.456. The Morgan fingerprint density at radius 3 is 2.35 bits per heavy atom. The van der Waals surface area contributed by atoms with E-state index in [2.05, 4.69) is 0 Å². The lowest BCUT2D eigenvalue weighted by Crippen LogP contribution is -2.12. The average molecular weight is 227 g/mol. The van der Waals surface area contributed by atoms with Crippen LogP contribution in [-0.4, -0.2) is 13.0 Å². The third kappa shape index (κ3) is 2.13. The van der Waals surface area contributed by atoms with Gasteiger partial charge in [-0.2, -0.15) is 0 Å². The van der Waals surface area contributed by atoms with E-state index in [0.717, 1.165) is 11.1 Å².